The Morgan fingerprint density at radius 2 is 2.00 bits per heavy atom. The SMILES string of the molecule is COc1cc(N2CCC(Oc3ccc(N4C[C@H](F)[C@@H](C)[C@@H]4CC(=O)O)cn3)C(C)C2)c(Cl)cn1. The van der Waals surface area contributed by atoms with Crippen molar-refractivity contribution in [1.82, 2.24) is 9.97 Å². The van der Waals surface area contributed by atoms with E-state index in [0.717, 1.165) is 25.2 Å². The van der Waals surface area contributed by atoms with Crippen LogP contribution in [0.2, 0.25) is 5.02 Å². The van der Waals surface area contributed by atoms with Gasteiger partial charge < -0.3 is 24.4 Å². The summed E-state index contributed by atoms with van der Waals surface area (Å²) in [5.74, 6) is -0.0528. The van der Waals surface area contributed by atoms with E-state index in [0.29, 0.717) is 22.5 Å². The van der Waals surface area contributed by atoms with Gasteiger partial charge in [-0.25, -0.2) is 14.4 Å². The zero-order valence-corrected chi connectivity index (χ0v) is 20.3. The number of hydrogen-bond donors (Lipinski definition) is 1. The van der Waals surface area contributed by atoms with Gasteiger partial charge in [0.1, 0.15) is 12.3 Å². The molecule has 1 N–H and O–H groups in total. The molecule has 184 valence electrons. The van der Waals surface area contributed by atoms with Gasteiger partial charge in [-0.2, -0.15) is 0 Å². The Morgan fingerprint density at radius 1 is 1.24 bits per heavy atom. The number of rotatable bonds is 7. The third-order valence-corrected chi connectivity index (χ3v) is 7.13. The number of ether oxygens (including phenoxy) is 2. The second kappa shape index (κ2) is 10.2. The first kappa shape index (κ1) is 24.3. The summed E-state index contributed by atoms with van der Waals surface area (Å²) in [5, 5.41) is 9.80. The van der Waals surface area contributed by atoms with E-state index in [1.54, 1.807) is 37.4 Å². The number of anilines is 2. The van der Waals surface area contributed by atoms with Gasteiger partial charge in [0.2, 0.25) is 11.8 Å². The second-order valence-corrected chi connectivity index (χ2v) is 9.50. The van der Waals surface area contributed by atoms with E-state index in [4.69, 9.17) is 21.1 Å². The van der Waals surface area contributed by atoms with Crippen LogP contribution >= 0.6 is 11.6 Å². The molecule has 4 heterocycles. The molecule has 8 nitrogen and oxygen atoms in total. The maximum Gasteiger partial charge on any atom is 0.305 e. The minimum atomic E-state index is -1.07. The molecule has 0 aliphatic carbocycles. The molecule has 0 spiro atoms. The Labute approximate surface area is 203 Å². The second-order valence-electron chi connectivity index (χ2n) is 9.09. The summed E-state index contributed by atoms with van der Waals surface area (Å²) < 4.78 is 25.7. The number of nitrogens with zero attached hydrogens (tertiary/aromatic N) is 4. The summed E-state index contributed by atoms with van der Waals surface area (Å²) in [6.07, 6.45) is 2.83. The zero-order valence-electron chi connectivity index (χ0n) is 19.5. The summed E-state index contributed by atoms with van der Waals surface area (Å²) >= 11 is 6.36. The lowest BCUT2D eigenvalue weighted by Crippen LogP contribution is -2.44. The molecule has 0 bridgehead atoms. The average molecular weight is 493 g/mol. The maximum atomic E-state index is 14.3. The van der Waals surface area contributed by atoms with Crippen LogP contribution in [0.25, 0.3) is 0 Å². The number of aliphatic carboxylic acids is 1. The Kier molecular flexibility index (Phi) is 7.30. The van der Waals surface area contributed by atoms with E-state index in [1.165, 1.54) is 0 Å². The van der Waals surface area contributed by atoms with Crippen LogP contribution in [0.3, 0.4) is 0 Å². The van der Waals surface area contributed by atoms with Crippen LogP contribution in [-0.2, 0) is 4.79 Å². The molecule has 2 aliphatic heterocycles. The van der Waals surface area contributed by atoms with Crippen LogP contribution in [0.5, 0.6) is 11.8 Å². The largest absolute Gasteiger partial charge is 0.481 e. The highest BCUT2D eigenvalue weighted by molar-refractivity contribution is 6.33. The molecule has 0 radical (unpaired) electrons. The number of halogens is 2. The first-order valence-electron chi connectivity index (χ1n) is 11.5. The molecule has 0 amide bonds. The van der Waals surface area contributed by atoms with Crippen molar-refractivity contribution in [3.05, 3.63) is 35.6 Å². The number of carboxylic acid groups (broad SMARTS) is 1. The van der Waals surface area contributed by atoms with Gasteiger partial charge >= 0.3 is 5.97 Å². The fourth-order valence-corrected chi connectivity index (χ4v) is 5.06. The summed E-state index contributed by atoms with van der Waals surface area (Å²) in [6.45, 7) is 5.57. The van der Waals surface area contributed by atoms with Crippen molar-refractivity contribution in [2.75, 3.05) is 36.5 Å². The predicted molar refractivity (Wildman–Crippen MR) is 128 cm³/mol. The first-order chi connectivity index (χ1) is 16.3. The molecule has 2 aliphatic rings. The standard InChI is InChI=1S/C24H30ClFN4O4/c1-14-12-29(20-8-23(33-3)28-11-17(20)25)7-6-21(14)34-22-5-4-16(10-27-22)30-13-18(26)15(2)19(30)9-24(31)32/h4-5,8,10-11,14-15,18-19,21H,6-7,9,12-13H2,1-3H3,(H,31,32)/t14?,15-,18+,19+,21?/m1/s1. The molecule has 2 aromatic heterocycles. The molecule has 10 heteroatoms. The molecule has 2 saturated heterocycles. The molecule has 4 rings (SSSR count). The number of hydrogen-bond acceptors (Lipinski definition) is 7. The molecule has 0 saturated carbocycles. The Balaban J connectivity index is 1.39. The van der Waals surface area contributed by atoms with E-state index in [2.05, 4.69) is 21.8 Å². The zero-order chi connectivity index (χ0) is 24.4. The Morgan fingerprint density at radius 3 is 2.65 bits per heavy atom. The number of aromatic nitrogens is 2. The molecule has 2 aromatic rings. The topological polar surface area (TPSA) is 88.0 Å². The van der Waals surface area contributed by atoms with Crippen molar-refractivity contribution in [2.45, 2.75) is 45.0 Å². The van der Waals surface area contributed by atoms with Crippen LogP contribution in [0.4, 0.5) is 15.8 Å². The quantitative estimate of drug-likeness (QED) is 0.619. The smallest absolute Gasteiger partial charge is 0.305 e. The van der Waals surface area contributed by atoms with E-state index in [-0.39, 0.29) is 30.9 Å². The lowest BCUT2D eigenvalue weighted by Gasteiger charge is -2.38. The van der Waals surface area contributed by atoms with Crippen LogP contribution < -0.4 is 19.3 Å². The Bertz CT molecular complexity index is 1010. The molecule has 0 aromatic carbocycles. The highest BCUT2D eigenvalue weighted by Crippen LogP contribution is 2.35. The van der Waals surface area contributed by atoms with E-state index >= 15 is 0 Å². The number of methoxy groups -OCH3 is 1. The number of piperidine rings is 1. The third-order valence-electron chi connectivity index (χ3n) is 6.84. The van der Waals surface area contributed by atoms with Gasteiger partial charge in [-0.3, -0.25) is 4.79 Å². The predicted octanol–water partition coefficient (Wildman–Crippen LogP) is 4.07. The first-order valence-corrected chi connectivity index (χ1v) is 11.8. The lowest BCUT2D eigenvalue weighted by atomic mass is 9.96. The number of alkyl halides is 1. The van der Waals surface area contributed by atoms with Gasteiger partial charge in [0.15, 0.2) is 0 Å². The summed E-state index contributed by atoms with van der Waals surface area (Å²) in [4.78, 5) is 23.8. The molecular weight excluding hydrogens is 463 g/mol. The van der Waals surface area contributed by atoms with Gasteiger partial charge in [0.05, 0.1) is 42.3 Å². The maximum absolute atomic E-state index is 14.3. The van der Waals surface area contributed by atoms with Gasteiger partial charge in [0, 0.05) is 56.1 Å². The highest BCUT2D eigenvalue weighted by atomic mass is 35.5. The van der Waals surface area contributed by atoms with Gasteiger partial charge in [-0.1, -0.05) is 25.4 Å². The monoisotopic (exact) mass is 492 g/mol. The average Bonchev–Trinajstić information content (AvgIpc) is 3.09. The van der Waals surface area contributed by atoms with Gasteiger partial charge in [0.25, 0.3) is 0 Å². The lowest BCUT2D eigenvalue weighted by molar-refractivity contribution is -0.137. The van der Waals surface area contributed by atoms with E-state index in [9.17, 15) is 14.3 Å². The normalized spacial score (nSPS) is 27.0. The number of pyridine rings is 2. The van der Waals surface area contributed by atoms with Crippen molar-refractivity contribution in [3.63, 3.8) is 0 Å². The van der Waals surface area contributed by atoms with Crippen molar-refractivity contribution in [2.24, 2.45) is 11.8 Å². The summed E-state index contributed by atoms with van der Waals surface area (Å²) in [5.41, 5.74) is 1.60. The third kappa shape index (κ3) is 5.14. The highest BCUT2D eigenvalue weighted by Gasteiger charge is 2.40. The number of carboxylic acids is 1. The summed E-state index contributed by atoms with van der Waals surface area (Å²) in [6, 6.07) is 5.04. The molecule has 34 heavy (non-hydrogen) atoms. The summed E-state index contributed by atoms with van der Waals surface area (Å²) in [7, 11) is 1.58. The van der Waals surface area contributed by atoms with Crippen LogP contribution in [0, 0.1) is 11.8 Å². The fourth-order valence-electron chi connectivity index (χ4n) is 4.84. The van der Waals surface area contributed by atoms with Gasteiger partial charge in [-0.15, -0.1) is 0 Å². The van der Waals surface area contributed by atoms with Crippen molar-refractivity contribution in [3.8, 4) is 11.8 Å². The van der Waals surface area contributed by atoms with E-state index < -0.39 is 18.2 Å². The number of carbonyl (C=O) groups is 1. The minimum absolute atomic E-state index is 0.0149. The van der Waals surface area contributed by atoms with Crippen LogP contribution in [0.1, 0.15) is 26.7 Å². The van der Waals surface area contributed by atoms with Crippen molar-refractivity contribution >= 4 is 28.9 Å². The molecule has 2 fully saturated rings. The molecule has 2 unspecified atom stereocenters. The fraction of sp³-hybridized carbons (Fsp3) is 0.542. The minimum Gasteiger partial charge on any atom is -0.481 e. The Hall–Kier alpha value is -2.81. The molecular formula is C24H30ClFN4O4. The van der Waals surface area contributed by atoms with Crippen LogP contribution in [0.15, 0.2) is 30.6 Å². The van der Waals surface area contributed by atoms with E-state index in [1.807, 2.05) is 12.1 Å². The molecule has 5 atom stereocenters. The van der Waals surface area contributed by atoms with Crippen molar-refractivity contribution < 1.29 is 23.8 Å². The van der Waals surface area contributed by atoms with Crippen molar-refractivity contribution in [1.29, 1.82) is 0 Å². The van der Waals surface area contributed by atoms with Crippen LogP contribution in [-0.4, -0.2) is 66.1 Å². The van der Waals surface area contributed by atoms with Gasteiger partial charge in [-0.05, 0) is 6.07 Å².